The Morgan fingerprint density at radius 1 is 1.03 bits per heavy atom. The summed E-state index contributed by atoms with van der Waals surface area (Å²) in [5.74, 6) is 0.323. The van der Waals surface area contributed by atoms with Crippen molar-refractivity contribution in [3.05, 3.63) is 83.9 Å². The van der Waals surface area contributed by atoms with E-state index in [0.29, 0.717) is 12.3 Å². The summed E-state index contributed by atoms with van der Waals surface area (Å²) in [5.41, 5.74) is 2.30. The zero-order valence-corrected chi connectivity index (χ0v) is 20.6. The maximum atomic E-state index is 13.5. The van der Waals surface area contributed by atoms with E-state index >= 15 is 0 Å². The normalized spacial score (nSPS) is 11.1. The van der Waals surface area contributed by atoms with Crippen molar-refractivity contribution in [3.63, 3.8) is 0 Å². The lowest BCUT2D eigenvalue weighted by Gasteiger charge is -2.24. The van der Waals surface area contributed by atoms with E-state index < -0.39 is 15.9 Å². The lowest BCUT2D eigenvalue weighted by Crippen LogP contribution is -2.40. The van der Waals surface area contributed by atoms with Crippen molar-refractivity contribution in [3.8, 4) is 5.75 Å². The van der Waals surface area contributed by atoms with E-state index in [4.69, 9.17) is 4.74 Å². The second kappa shape index (κ2) is 11.2. The van der Waals surface area contributed by atoms with E-state index in [1.165, 1.54) is 11.8 Å². The molecule has 0 aromatic heterocycles. The first-order chi connectivity index (χ1) is 15.8. The van der Waals surface area contributed by atoms with Crippen LogP contribution in [-0.4, -0.2) is 33.7 Å². The highest BCUT2D eigenvalue weighted by atomic mass is 32.2. The van der Waals surface area contributed by atoms with E-state index in [2.05, 4.69) is 5.32 Å². The van der Waals surface area contributed by atoms with Crippen LogP contribution in [0.2, 0.25) is 0 Å². The Balaban J connectivity index is 1.81. The molecule has 174 valence electrons. The molecule has 0 atom stereocenters. The number of ether oxygens (including phenoxy) is 1. The van der Waals surface area contributed by atoms with Gasteiger partial charge in [0.15, 0.2) is 0 Å². The number of nitrogens with one attached hydrogen (secondary N) is 1. The first kappa shape index (κ1) is 24.7. The van der Waals surface area contributed by atoms with Gasteiger partial charge in [-0.05, 0) is 74.2 Å². The molecule has 3 rings (SSSR count). The van der Waals surface area contributed by atoms with Gasteiger partial charge in [-0.15, -0.1) is 11.8 Å². The molecule has 0 fully saturated rings. The molecule has 0 saturated heterocycles. The SMILES string of the molecule is CCOc1cccc(CNC(=O)CN(c2ccc(C)cc2)S(=O)(=O)c2ccc(SC)cc2)c1. The minimum Gasteiger partial charge on any atom is -0.494 e. The van der Waals surface area contributed by atoms with Crippen molar-refractivity contribution in [1.82, 2.24) is 5.32 Å². The van der Waals surface area contributed by atoms with E-state index in [-0.39, 0.29) is 18.0 Å². The summed E-state index contributed by atoms with van der Waals surface area (Å²) >= 11 is 1.53. The second-order valence-corrected chi connectivity index (χ2v) is 10.1. The van der Waals surface area contributed by atoms with Gasteiger partial charge in [-0.25, -0.2) is 8.42 Å². The highest BCUT2D eigenvalue weighted by Crippen LogP contribution is 2.25. The van der Waals surface area contributed by atoms with Crippen LogP contribution in [0.4, 0.5) is 5.69 Å². The molecule has 0 saturated carbocycles. The molecule has 33 heavy (non-hydrogen) atoms. The van der Waals surface area contributed by atoms with Gasteiger partial charge < -0.3 is 10.1 Å². The fourth-order valence-corrected chi connectivity index (χ4v) is 5.03. The maximum Gasteiger partial charge on any atom is 0.264 e. The Kier molecular flexibility index (Phi) is 8.41. The van der Waals surface area contributed by atoms with Crippen molar-refractivity contribution >= 4 is 33.4 Å². The third kappa shape index (κ3) is 6.52. The molecule has 3 aromatic rings. The molecule has 0 aliphatic rings. The number of carbonyl (C=O) groups is 1. The third-order valence-electron chi connectivity index (χ3n) is 4.96. The molecule has 0 aliphatic carbocycles. The summed E-state index contributed by atoms with van der Waals surface area (Å²) in [5, 5.41) is 2.82. The quantitative estimate of drug-likeness (QED) is 0.425. The summed E-state index contributed by atoms with van der Waals surface area (Å²) in [6, 6.07) is 21.2. The fraction of sp³-hybridized carbons (Fsp3) is 0.240. The molecule has 0 heterocycles. The lowest BCUT2D eigenvalue weighted by molar-refractivity contribution is -0.119. The maximum absolute atomic E-state index is 13.5. The zero-order chi connectivity index (χ0) is 23.8. The van der Waals surface area contributed by atoms with Crippen LogP contribution in [0.1, 0.15) is 18.1 Å². The van der Waals surface area contributed by atoms with Gasteiger partial charge in [-0.1, -0.05) is 29.8 Å². The van der Waals surface area contributed by atoms with Gasteiger partial charge in [-0.2, -0.15) is 0 Å². The van der Waals surface area contributed by atoms with Crippen molar-refractivity contribution in [2.75, 3.05) is 23.7 Å². The van der Waals surface area contributed by atoms with Crippen LogP contribution in [0.15, 0.2) is 82.6 Å². The minimum absolute atomic E-state index is 0.137. The largest absolute Gasteiger partial charge is 0.494 e. The minimum atomic E-state index is -3.94. The van der Waals surface area contributed by atoms with Crippen LogP contribution in [0.3, 0.4) is 0 Å². The Bertz CT molecular complexity index is 1180. The monoisotopic (exact) mass is 484 g/mol. The van der Waals surface area contributed by atoms with Gasteiger partial charge in [0, 0.05) is 11.4 Å². The summed E-state index contributed by atoms with van der Waals surface area (Å²) < 4.78 is 33.6. The number of sulfonamides is 1. The Labute approximate surface area is 200 Å². The van der Waals surface area contributed by atoms with Gasteiger partial charge in [-0.3, -0.25) is 9.10 Å². The molecule has 6 nitrogen and oxygen atoms in total. The van der Waals surface area contributed by atoms with Crippen molar-refractivity contribution < 1.29 is 17.9 Å². The van der Waals surface area contributed by atoms with Gasteiger partial charge in [0.25, 0.3) is 10.0 Å². The topological polar surface area (TPSA) is 75.7 Å². The first-order valence-corrected chi connectivity index (χ1v) is 13.2. The number of carbonyl (C=O) groups excluding carboxylic acids is 1. The van der Waals surface area contributed by atoms with Gasteiger partial charge >= 0.3 is 0 Å². The predicted molar refractivity (Wildman–Crippen MR) is 133 cm³/mol. The number of nitrogens with zero attached hydrogens (tertiary/aromatic N) is 1. The molecule has 1 amide bonds. The number of anilines is 1. The molecule has 0 spiro atoms. The number of rotatable bonds is 10. The van der Waals surface area contributed by atoms with Gasteiger partial charge in [0.1, 0.15) is 12.3 Å². The number of aryl methyl sites for hydroxylation is 1. The molecule has 0 radical (unpaired) electrons. The average molecular weight is 485 g/mol. The average Bonchev–Trinajstić information content (AvgIpc) is 2.82. The number of thioether (sulfide) groups is 1. The summed E-state index contributed by atoms with van der Waals surface area (Å²) in [6.45, 7) is 4.32. The zero-order valence-electron chi connectivity index (χ0n) is 18.9. The van der Waals surface area contributed by atoms with Crippen LogP contribution in [0.5, 0.6) is 5.75 Å². The fourth-order valence-electron chi connectivity index (χ4n) is 3.20. The Morgan fingerprint density at radius 3 is 2.36 bits per heavy atom. The molecule has 0 unspecified atom stereocenters. The number of hydrogen-bond acceptors (Lipinski definition) is 5. The van der Waals surface area contributed by atoms with E-state index in [9.17, 15) is 13.2 Å². The molecular formula is C25H28N2O4S2. The molecule has 8 heteroatoms. The van der Waals surface area contributed by atoms with E-state index in [0.717, 1.165) is 26.1 Å². The van der Waals surface area contributed by atoms with Gasteiger partial charge in [0.05, 0.1) is 17.2 Å². The highest BCUT2D eigenvalue weighted by molar-refractivity contribution is 7.98. The van der Waals surface area contributed by atoms with Crippen molar-refractivity contribution in [1.29, 1.82) is 0 Å². The van der Waals surface area contributed by atoms with E-state index in [1.807, 2.05) is 56.5 Å². The number of benzene rings is 3. The summed E-state index contributed by atoms with van der Waals surface area (Å²) in [6.07, 6.45) is 1.93. The molecule has 0 aliphatic heterocycles. The van der Waals surface area contributed by atoms with Crippen molar-refractivity contribution in [2.24, 2.45) is 0 Å². The molecule has 1 N–H and O–H groups in total. The van der Waals surface area contributed by atoms with Crippen LogP contribution >= 0.6 is 11.8 Å². The molecule has 0 bridgehead atoms. The van der Waals surface area contributed by atoms with Crippen LogP contribution < -0.4 is 14.4 Å². The standard InChI is InChI=1S/C25H28N2O4S2/c1-4-31-22-7-5-6-20(16-22)17-26-25(28)18-27(21-10-8-19(2)9-11-21)33(29,30)24-14-12-23(32-3)13-15-24/h5-16H,4,17-18H2,1-3H3,(H,26,28). The lowest BCUT2D eigenvalue weighted by atomic mass is 10.2. The van der Waals surface area contributed by atoms with Crippen LogP contribution in [0.25, 0.3) is 0 Å². The van der Waals surface area contributed by atoms with E-state index in [1.54, 1.807) is 36.4 Å². The van der Waals surface area contributed by atoms with Crippen LogP contribution in [-0.2, 0) is 21.4 Å². The predicted octanol–water partition coefficient (Wildman–Crippen LogP) is 4.63. The third-order valence-corrected chi connectivity index (χ3v) is 7.49. The first-order valence-electron chi connectivity index (χ1n) is 10.6. The second-order valence-electron chi connectivity index (χ2n) is 7.38. The molecular weight excluding hydrogens is 456 g/mol. The summed E-state index contributed by atoms with van der Waals surface area (Å²) in [7, 11) is -3.94. The van der Waals surface area contributed by atoms with Gasteiger partial charge in [0.2, 0.25) is 5.91 Å². The summed E-state index contributed by atoms with van der Waals surface area (Å²) in [4.78, 5) is 13.9. The highest BCUT2D eigenvalue weighted by Gasteiger charge is 2.27. The number of hydrogen-bond donors (Lipinski definition) is 1. The Morgan fingerprint density at radius 2 is 1.73 bits per heavy atom. The Hall–Kier alpha value is -2.97. The van der Waals surface area contributed by atoms with Crippen molar-refractivity contribution in [2.45, 2.75) is 30.2 Å². The van der Waals surface area contributed by atoms with Crippen LogP contribution in [0, 0.1) is 6.92 Å². The molecule has 3 aromatic carbocycles. The smallest absolute Gasteiger partial charge is 0.264 e. The number of amides is 1.